The number of carbonyl (C=O) groups is 2. The molecule has 1 fully saturated rings. The van der Waals surface area contributed by atoms with Gasteiger partial charge in [0.15, 0.2) is 5.78 Å². The monoisotopic (exact) mass is 276 g/mol. The van der Waals surface area contributed by atoms with E-state index in [1.165, 1.54) is 6.92 Å². The van der Waals surface area contributed by atoms with Gasteiger partial charge in [0, 0.05) is 33.1 Å². The van der Waals surface area contributed by atoms with Crippen LogP contribution in [-0.4, -0.2) is 61.3 Å². The molecule has 1 saturated heterocycles. The summed E-state index contributed by atoms with van der Waals surface area (Å²) in [5.74, 6) is -0.0737. The van der Waals surface area contributed by atoms with Crippen LogP contribution in [0.15, 0.2) is 24.3 Å². The fourth-order valence-corrected chi connectivity index (χ4v) is 2.24. The molecule has 20 heavy (non-hydrogen) atoms. The fourth-order valence-electron chi connectivity index (χ4n) is 2.24. The molecule has 1 heterocycles. The minimum Gasteiger partial charge on any atom is -0.426 e. The van der Waals surface area contributed by atoms with Crippen molar-refractivity contribution in [2.75, 3.05) is 39.8 Å². The Morgan fingerprint density at radius 3 is 2.45 bits per heavy atom. The molecular weight excluding hydrogens is 256 g/mol. The maximum atomic E-state index is 12.4. The maximum Gasteiger partial charge on any atom is 0.308 e. The van der Waals surface area contributed by atoms with Crippen molar-refractivity contribution < 1.29 is 14.3 Å². The van der Waals surface area contributed by atoms with E-state index in [9.17, 15) is 9.59 Å². The summed E-state index contributed by atoms with van der Waals surface area (Å²) in [7, 11) is 2.08. The second-order valence-electron chi connectivity index (χ2n) is 5.09. The standard InChI is InChI=1S/C15H20N2O3/c1-12(18)20-15-6-4-3-5-13(15)14(19)11-17-9-7-16(2)8-10-17/h3-6H,7-11H2,1-2H3. The molecule has 1 aliphatic rings. The Bertz CT molecular complexity index is 494. The Balaban J connectivity index is 2.03. The highest BCUT2D eigenvalue weighted by molar-refractivity contribution is 6.00. The van der Waals surface area contributed by atoms with Crippen LogP contribution in [0.3, 0.4) is 0 Å². The van der Waals surface area contributed by atoms with Crippen molar-refractivity contribution >= 4 is 11.8 Å². The number of ether oxygens (including phenoxy) is 1. The molecule has 108 valence electrons. The number of ketones is 1. The Kier molecular flexibility index (Phi) is 4.87. The number of nitrogens with zero attached hydrogens (tertiary/aromatic N) is 2. The molecule has 0 aromatic heterocycles. The van der Waals surface area contributed by atoms with Gasteiger partial charge >= 0.3 is 5.97 Å². The van der Waals surface area contributed by atoms with Gasteiger partial charge in [0.05, 0.1) is 12.1 Å². The van der Waals surface area contributed by atoms with E-state index in [0.29, 0.717) is 17.9 Å². The Hall–Kier alpha value is -1.72. The molecule has 2 rings (SSSR count). The Labute approximate surface area is 119 Å². The lowest BCUT2D eigenvalue weighted by atomic mass is 10.1. The van der Waals surface area contributed by atoms with Gasteiger partial charge in [-0.05, 0) is 19.2 Å². The maximum absolute atomic E-state index is 12.4. The number of hydrogen-bond acceptors (Lipinski definition) is 5. The topological polar surface area (TPSA) is 49.9 Å². The number of benzene rings is 1. The molecule has 1 aromatic rings. The number of likely N-dealkylation sites (N-methyl/N-ethyl adjacent to an activating group) is 1. The van der Waals surface area contributed by atoms with E-state index in [1.807, 2.05) is 0 Å². The molecule has 0 amide bonds. The summed E-state index contributed by atoms with van der Waals surface area (Å²) in [6, 6.07) is 6.89. The van der Waals surface area contributed by atoms with Crippen LogP contribution in [0.4, 0.5) is 0 Å². The summed E-state index contributed by atoms with van der Waals surface area (Å²) in [5, 5.41) is 0. The predicted molar refractivity (Wildman–Crippen MR) is 76.0 cm³/mol. The summed E-state index contributed by atoms with van der Waals surface area (Å²) in [6.45, 7) is 5.42. The molecule has 0 radical (unpaired) electrons. The van der Waals surface area contributed by atoms with Crippen molar-refractivity contribution in [3.63, 3.8) is 0 Å². The lowest BCUT2D eigenvalue weighted by molar-refractivity contribution is -0.131. The molecule has 1 aromatic carbocycles. The number of carbonyl (C=O) groups excluding carboxylic acids is 2. The lowest BCUT2D eigenvalue weighted by Gasteiger charge is -2.31. The van der Waals surface area contributed by atoms with Gasteiger partial charge in [-0.2, -0.15) is 0 Å². The normalized spacial score (nSPS) is 16.9. The predicted octanol–water partition coefficient (Wildman–Crippen LogP) is 1.04. The van der Waals surface area contributed by atoms with Crippen molar-refractivity contribution in [1.29, 1.82) is 0 Å². The second kappa shape index (κ2) is 6.63. The Morgan fingerprint density at radius 1 is 1.15 bits per heavy atom. The van der Waals surface area contributed by atoms with Crippen molar-refractivity contribution in [3.05, 3.63) is 29.8 Å². The zero-order valence-corrected chi connectivity index (χ0v) is 12.0. The number of Topliss-reactive ketones (excluding diaryl/α,β-unsaturated/α-hetero) is 1. The first-order valence-corrected chi connectivity index (χ1v) is 6.78. The van der Waals surface area contributed by atoms with Gasteiger partial charge in [-0.15, -0.1) is 0 Å². The molecule has 0 aliphatic carbocycles. The molecule has 5 heteroatoms. The van der Waals surface area contributed by atoms with Crippen LogP contribution in [0.2, 0.25) is 0 Å². The van der Waals surface area contributed by atoms with Crippen LogP contribution in [0.1, 0.15) is 17.3 Å². The first kappa shape index (κ1) is 14.7. The van der Waals surface area contributed by atoms with Crippen LogP contribution in [0.5, 0.6) is 5.75 Å². The molecule has 0 spiro atoms. The summed E-state index contributed by atoms with van der Waals surface area (Å²) in [4.78, 5) is 27.8. The van der Waals surface area contributed by atoms with Crippen molar-refractivity contribution in [2.24, 2.45) is 0 Å². The molecular formula is C15H20N2O3. The zero-order valence-electron chi connectivity index (χ0n) is 12.0. The van der Waals surface area contributed by atoms with Gasteiger partial charge in [0.1, 0.15) is 5.75 Å². The van der Waals surface area contributed by atoms with Crippen LogP contribution in [-0.2, 0) is 4.79 Å². The SMILES string of the molecule is CC(=O)Oc1ccccc1C(=O)CN1CCN(C)CC1. The van der Waals surface area contributed by atoms with E-state index >= 15 is 0 Å². The fraction of sp³-hybridized carbons (Fsp3) is 0.467. The van der Waals surface area contributed by atoms with E-state index in [1.54, 1.807) is 24.3 Å². The average molecular weight is 276 g/mol. The third-order valence-corrected chi connectivity index (χ3v) is 3.40. The highest BCUT2D eigenvalue weighted by Crippen LogP contribution is 2.19. The number of rotatable bonds is 4. The van der Waals surface area contributed by atoms with E-state index in [4.69, 9.17) is 4.74 Å². The first-order valence-electron chi connectivity index (χ1n) is 6.78. The average Bonchev–Trinajstić information content (AvgIpc) is 2.41. The largest absolute Gasteiger partial charge is 0.426 e. The van der Waals surface area contributed by atoms with E-state index in [0.717, 1.165) is 26.2 Å². The quantitative estimate of drug-likeness (QED) is 0.467. The van der Waals surface area contributed by atoms with Gasteiger partial charge in [0.2, 0.25) is 0 Å². The van der Waals surface area contributed by atoms with Gasteiger partial charge in [-0.3, -0.25) is 14.5 Å². The second-order valence-corrected chi connectivity index (χ2v) is 5.09. The number of piperazine rings is 1. The van der Waals surface area contributed by atoms with Crippen molar-refractivity contribution in [1.82, 2.24) is 9.80 Å². The highest BCUT2D eigenvalue weighted by atomic mass is 16.5. The molecule has 0 saturated carbocycles. The van der Waals surface area contributed by atoms with Gasteiger partial charge in [-0.25, -0.2) is 0 Å². The zero-order chi connectivity index (χ0) is 14.5. The highest BCUT2D eigenvalue weighted by Gasteiger charge is 2.19. The first-order chi connectivity index (χ1) is 9.56. The van der Waals surface area contributed by atoms with E-state index in [2.05, 4.69) is 16.8 Å². The van der Waals surface area contributed by atoms with Crippen molar-refractivity contribution in [2.45, 2.75) is 6.92 Å². The summed E-state index contributed by atoms with van der Waals surface area (Å²) in [6.07, 6.45) is 0. The molecule has 0 N–H and O–H groups in total. The lowest BCUT2D eigenvalue weighted by Crippen LogP contribution is -2.46. The molecule has 0 atom stereocenters. The summed E-state index contributed by atoms with van der Waals surface area (Å²) < 4.78 is 5.09. The molecule has 0 bridgehead atoms. The van der Waals surface area contributed by atoms with Gasteiger partial charge in [0.25, 0.3) is 0 Å². The summed E-state index contributed by atoms with van der Waals surface area (Å²) >= 11 is 0. The van der Waals surface area contributed by atoms with Crippen LogP contribution >= 0.6 is 0 Å². The summed E-state index contributed by atoms with van der Waals surface area (Å²) in [5.41, 5.74) is 0.474. The number of para-hydroxylation sites is 1. The third kappa shape index (κ3) is 3.88. The molecule has 5 nitrogen and oxygen atoms in total. The van der Waals surface area contributed by atoms with E-state index < -0.39 is 5.97 Å². The number of esters is 1. The Morgan fingerprint density at radius 2 is 1.80 bits per heavy atom. The van der Waals surface area contributed by atoms with E-state index in [-0.39, 0.29) is 5.78 Å². The van der Waals surface area contributed by atoms with Crippen LogP contribution < -0.4 is 4.74 Å². The van der Waals surface area contributed by atoms with Gasteiger partial charge in [-0.1, -0.05) is 12.1 Å². The van der Waals surface area contributed by atoms with Gasteiger partial charge < -0.3 is 9.64 Å². The third-order valence-electron chi connectivity index (χ3n) is 3.40. The van der Waals surface area contributed by atoms with Crippen LogP contribution in [0, 0.1) is 0 Å². The smallest absolute Gasteiger partial charge is 0.308 e. The molecule has 1 aliphatic heterocycles. The minimum absolute atomic E-state index is 0.00796. The molecule has 0 unspecified atom stereocenters. The minimum atomic E-state index is -0.412. The van der Waals surface area contributed by atoms with Crippen LogP contribution in [0.25, 0.3) is 0 Å². The van der Waals surface area contributed by atoms with Crippen molar-refractivity contribution in [3.8, 4) is 5.75 Å². The number of hydrogen-bond donors (Lipinski definition) is 0.